The first kappa shape index (κ1) is 22.8. The second kappa shape index (κ2) is 11.0. The molecule has 1 aromatic heterocycles. The number of pyridine rings is 1. The van der Waals surface area contributed by atoms with Crippen molar-refractivity contribution in [2.45, 2.75) is 52.5 Å². The molecule has 0 fully saturated rings. The second-order valence-corrected chi connectivity index (χ2v) is 8.70. The molecule has 2 nitrogen and oxygen atoms in total. The van der Waals surface area contributed by atoms with Gasteiger partial charge in [0.25, 0.3) is 0 Å². The summed E-state index contributed by atoms with van der Waals surface area (Å²) in [7, 11) is 0. The maximum Gasteiger partial charge on any atom is 0.0943 e. The van der Waals surface area contributed by atoms with E-state index in [0.29, 0.717) is 0 Å². The van der Waals surface area contributed by atoms with Gasteiger partial charge in [-0.05, 0) is 54.2 Å². The standard InChI is InChI=1S/C31H34N2/c1-4-13-25-18-11-19-26(14-5-2)30(25)33-31(27-20-10-9-15-23(27)3)29-22-12-21-28(32-29)24-16-7-6-8-17-24/h6-12,15-22,31,33H,4-5,13-14H2,1-3H3. The Morgan fingerprint density at radius 1 is 0.697 bits per heavy atom. The summed E-state index contributed by atoms with van der Waals surface area (Å²) in [6.07, 6.45) is 4.39. The number of hydrogen-bond acceptors (Lipinski definition) is 2. The van der Waals surface area contributed by atoms with Crippen LogP contribution in [0.4, 0.5) is 5.69 Å². The molecule has 33 heavy (non-hydrogen) atoms. The van der Waals surface area contributed by atoms with E-state index in [4.69, 9.17) is 4.98 Å². The molecule has 0 saturated heterocycles. The molecular formula is C31H34N2. The van der Waals surface area contributed by atoms with Gasteiger partial charge < -0.3 is 5.32 Å². The van der Waals surface area contributed by atoms with Crippen molar-refractivity contribution in [2.24, 2.45) is 0 Å². The van der Waals surface area contributed by atoms with Crippen LogP contribution >= 0.6 is 0 Å². The first-order valence-corrected chi connectivity index (χ1v) is 12.2. The number of rotatable bonds is 9. The number of hydrogen-bond donors (Lipinski definition) is 1. The van der Waals surface area contributed by atoms with Crippen molar-refractivity contribution in [2.75, 3.05) is 5.32 Å². The number of benzene rings is 3. The Morgan fingerprint density at radius 2 is 1.33 bits per heavy atom. The molecule has 4 rings (SSSR count). The number of aromatic nitrogens is 1. The maximum absolute atomic E-state index is 5.15. The lowest BCUT2D eigenvalue weighted by Gasteiger charge is -2.26. The van der Waals surface area contributed by atoms with Crippen molar-refractivity contribution in [3.05, 3.63) is 119 Å². The van der Waals surface area contributed by atoms with Gasteiger partial charge >= 0.3 is 0 Å². The first-order chi connectivity index (χ1) is 16.2. The van der Waals surface area contributed by atoms with E-state index < -0.39 is 0 Å². The number of nitrogens with one attached hydrogen (secondary N) is 1. The van der Waals surface area contributed by atoms with Gasteiger partial charge in [0.1, 0.15) is 0 Å². The number of para-hydroxylation sites is 1. The van der Waals surface area contributed by atoms with Crippen LogP contribution < -0.4 is 5.32 Å². The molecule has 1 heterocycles. The van der Waals surface area contributed by atoms with E-state index in [1.54, 1.807) is 0 Å². The van der Waals surface area contributed by atoms with Crippen molar-refractivity contribution in [1.29, 1.82) is 0 Å². The zero-order chi connectivity index (χ0) is 23.0. The lowest BCUT2D eigenvalue weighted by atomic mass is 9.94. The summed E-state index contributed by atoms with van der Waals surface area (Å²) < 4.78 is 0. The second-order valence-electron chi connectivity index (χ2n) is 8.70. The first-order valence-electron chi connectivity index (χ1n) is 12.2. The lowest BCUT2D eigenvalue weighted by Crippen LogP contribution is -2.17. The molecule has 0 aliphatic rings. The molecule has 168 valence electrons. The van der Waals surface area contributed by atoms with Gasteiger partial charge in [-0.3, -0.25) is 4.98 Å². The van der Waals surface area contributed by atoms with E-state index in [9.17, 15) is 0 Å². The van der Waals surface area contributed by atoms with Crippen molar-refractivity contribution in [1.82, 2.24) is 4.98 Å². The average Bonchev–Trinajstić information content (AvgIpc) is 2.85. The Balaban J connectivity index is 1.83. The zero-order valence-corrected chi connectivity index (χ0v) is 20.0. The fraction of sp³-hybridized carbons (Fsp3) is 0.258. The van der Waals surface area contributed by atoms with Gasteiger partial charge in [-0.1, -0.05) is 106 Å². The summed E-state index contributed by atoms with van der Waals surface area (Å²) >= 11 is 0. The fourth-order valence-electron chi connectivity index (χ4n) is 4.54. The minimum atomic E-state index is -0.0246. The summed E-state index contributed by atoms with van der Waals surface area (Å²) in [5.41, 5.74) is 9.78. The van der Waals surface area contributed by atoms with Gasteiger partial charge in [0, 0.05) is 11.3 Å². The van der Waals surface area contributed by atoms with E-state index in [-0.39, 0.29) is 6.04 Å². The third-order valence-electron chi connectivity index (χ3n) is 6.20. The monoisotopic (exact) mass is 434 g/mol. The Hall–Kier alpha value is -3.39. The average molecular weight is 435 g/mol. The normalized spacial score (nSPS) is 11.8. The molecule has 0 aliphatic heterocycles. The van der Waals surface area contributed by atoms with Crippen molar-refractivity contribution in [3.8, 4) is 11.3 Å². The summed E-state index contributed by atoms with van der Waals surface area (Å²) in [5.74, 6) is 0. The fourth-order valence-corrected chi connectivity index (χ4v) is 4.54. The van der Waals surface area contributed by atoms with E-state index in [1.807, 2.05) is 6.07 Å². The summed E-state index contributed by atoms with van der Waals surface area (Å²) in [6.45, 7) is 6.69. The van der Waals surface area contributed by atoms with Crippen LogP contribution in [-0.2, 0) is 12.8 Å². The SMILES string of the molecule is CCCc1cccc(CCC)c1NC(c1cccc(-c2ccccc2)n1)c1ccccc1C. The smallest absolute Gasteiger partial charge is 0.0943 e. The molecule has 0 saturated carbocycles. The third kappa shape index (κ3) is 5.34. The Labute approximate surface area is 198 Å². The van der Waals surface area contributed by atoms with Gasteiger partial charge in [0.05, 0.1) is 17.4 Å². The molecule has 0 amide bonds. The van der Waals surface area contributed by atoms with E-state index in [2.05, 4.69) is 111 Å². The predicted octanol–water partition coefficient (Wildman–Crippen LogP) is 8.16. The van der Waals surface area contributed by atoms with Gasteiger partial charge in [-0.25, -0.2) is 0 Å². The van der Waals surface area contributed by atoms with Gasteiger partial charge in [0.15, 0.2) is 0 Å². The highest BCUT2D eigenvalue weighted by Gasteiger charge is 2.21. The van der Waals surface area contributed by atoms with Gasteiger partial charge in [-0.15, -0.1) is 0 Å². The molecule has 4 aromatic rings. The highest BCUT2D eigenvalue weighted by Crippen LogP contribution is 2.33. The van der Waals surface area contributed by atoms with Crippen LogP contribution in [0.1, 0.15) is 60.7 Å². The third-order valence-corrected chi connectivity index (χ3v) is 6.20. The minimum Gasteiger partial charge on any atom is -0.372 e. The topological polar surface area (TPSA) is 24.9 Å². The molecule has 1 N–H and O–H groups in total. The molecule has 0 bridgehead atoms. The Morgan fingerprint density at radius 3 is 2.00 bits per heavy atom. The molecule has 0 aliphatic carbocycles. The van der Waals surface area contributed by atoms with Crippen LogP contribution in [0.15, 0.2) is 91.0 Å². The molecule has 0 radical (unpaired) electrons. The summed E-state index contributed by atoms with van der Waals surface area (Å²) in [5, 5.41) is 3.98. The van der Waals surface area contributed by atoms with Crippen LogP contribution in [-0.4, -0.2) is 4.98 Å². The highest BCUT2D eigenvalue weighted by molar-refractivity contribution is 5.62. The largest absolute Gasteiger partial charge is 0.372 e. The van der Waals surface area contributed by atoms with E-state index in [0.717, 1.165) is 42.6 Å². The van der Waals surface area contributed by atoms with Crippen molar-refractivity contribution in [3.63, 3.8) is 0 Å². The highest BCUT2D eigenvalue weighted by atomic mass is 15.0. The van der Waals surface area contributed by atoms with Crippen LogP contribution in [0.25, 0.3) is 11.3 Å². The molecular weight excluding hydrogens is 400 g/mol. The molecule has 0 spiro atoms. The quantitative estimate of drug-likeness (QED) is 0.287. The molecule has 1 unspecified atom stereocenters. The summed E-state index contributed by atoms with van der Waals surface area (Å²) in [4.78, 5) is 5.15. The molecule has 2 heteroatoms. The number of nitrogens with zero attached hydrogens (tertiary/aromatic N) is 1. The minimum absolute atomic E-state index is 0.0246. The van der Waals surface area contributed by atoms with Crippen LogP contribution in [0.5, 0.6) is 0 Å². The Bertz CT molecular complexity index is 1160. The van der Waals surface area contributed by atoms with Gasteiger partial charge in [0.2, 0.25) is 0 Å². The van der Waals surface area contributed by atoms with Crippen LogP contribution in [0, 0.1) is 6.92 Å². The van der Waals surface area contributed by atoms with Crippen LogP contribution in [0.3, 0.4) is 0 Å². The van der Waals surface area contributed by atoms with Crippen LogP contribution in [0.2, 0.25) is 0 Å². The number of anilines is 1. The van der Waals surface area contributed by atoms with Crippen molar-refractivity contribution < 1.29 is 0 Å². The summed E-state index contributed by atoms with van der Waals surface area (Å²) in [6, 6.07) is 32.2. The van der Waals surface area contributed by atoms with Gasteiger partial charge in [-0.2, -0.15) is 0 Å². The number of aryl methyl sites for hydroxylation is 3. The molecule has 1 atom stereocenters. The maximum atomic E-state index is 5.15. The van der Waals surface area contributed by atoms with Crippen molar-refractivity contribution >= 4 is 5.69 Å². The predicted molar refractivity (Wildman–Crippen MR) is 141 cm³/mol. The molecule has 3 aromatic carbocycles. The zero-order valence-electron chi connectivity index (χ0n) is 20.0. The van der Waals surface area contributed by atoms with E-state index in [1.165, 1.54) is 27.9 Å². The lowest BCUT2D eigenvalue weighted by molar-refractivity contribution is 0.849. The Kier molecular flexibility index (Phi) is 7.57. The van der Waals surface area contributed by atoms with E-state index >= 15 is 0 Å².